The lowest BCUT2D eigenvalue weighted by atomic mass is 9.84. The number of alkyl halides is 3. The lowest BCUT2D eigenvalue weighted by Gasteiger charge is -2.53. The van der Waals surface area contributed by atoms with Crippen LogP contribution < -0.4 is 4.74 Å². The summed E-state index contributed by atoms with van der Waals surface area (Å²) in [7, 11) is 0. The number of pyridine rings is 1. The number of likely N-dealkylation sites (tertiary alicyclic amines) is 1. The molecule has 1 atom stereocenters. The molecule has 8 nitrogen and oxygen atoms in total. The second-order valence-corrected chi connectivity index (χ2v) is 7.10. The first-order chi connectivity index (χ1) is 14.3. The van der Waals surface area contributed by atoms with E-state index in [1.807, 2.05) is 12.3 Å². The number of aromatic nitrogens is 3. The molecular formula is C19H21F3N4O4. The van der Waals surface area contributed by atoms with Crippen molar-refractivity contribution >= 4 is 5.97 Å². The molecule has 11 heteroatoms. The Bertz CT molecular complexity index is 818. The maximum absolute atomic E-state index is 10.6. The number of carboxylic acids is 1. The third-order valence-corrected chi connectivity index (χ3v) is 4.66. The fraction of sp³-hybridized carbons (Fsp3) is 0.474. The van der Waals surface area contributed by atoms with E-state index in [9.17, 15) is 13.2 Å². The molecule has 2 aromatic rings. The molecule has 30 heavy (non-hydrogen) atoms. The van der Waals surface area contributed by atoms with Crippen molar-refractivity contribution in [3.8, 4) is 6.01 Å². The Labute approximate surface area is 170 Å². The zero-order chi connectivity index (χ0) is 21.6. The van der Waals surface area contributed by atoms with Crippen LogP contribution in [0.15, 0.2) is 43.0 Å². The van der Waals surface area contributed by atoms with E-state index in [1.165, 1.54) is 5.56 Å². The summed E-state index contributed by atoms with van der Waals surface area (Å²) >= 11 is 0. The van der Waals surface area contributed by atoms with E-state index in [4.69, 9.17) is 19.4 Å². The molecule has 1 unspecified atom stereocenters. The quantitative estimate of drug-likeness (QED) is 0.796. The molecular weight excluding hydrogens is 405 g/mol. The van der Waals surface area contributed by atoms with E-state index in [-0.39, 0.29) is 11.7 Å². The highest BCUT2D eigenvalue weighted by Gasteiger charge is 2.48. The van der Waals surface area contributed by atoms with Gasteiger partial charge in [-0.3, -0.25) is 9.88 Å². The minimum Gasteiger partial charge on any atom is -0.475 e. The first kappa shape index (κ1) is 21.9. The summed E-state index contributed by atoms with van der Waals surface area (Å²) in [6.45, 7) is 3.54. The van der Waals surface area contributed by atoms with Gasteiger partial charge in [0.1, 0.15) is 6.10 Å². The molecule has 0 amide bonds. The molecule has 2 aliphatic rings. The number of aliphatic carboxylic acids is 1. The second kappa shape index (κ2) is 9.35. The maximum atomic E-state index is 10.6. The third kappa shape index (κ3) is 6.10. The molecule has 4 rings (SSSR count). The normalized spacial score (nSPS) is 20.6. The highest BCUT2D eigenvalue weighted by molar-refractivity contribution is 5.73. The summed E-state index contributed by atoms with van der Waals surface area (Å²) < 4.78 is 43.7. The predicted molar refractivity (Wildman–Crippen MR) is 97.6 cm³/mol. The first-order valence-corrected chi connectivity index (χ1v) is 9.25. The molecule has 1 N–H and O–H groups in total. The largest absolute Gasteiger partial charge is 0.490 e. The summed E-state index contributed by atoms with van der Waals surface area (Å²) in [5.41, 5.74) is 1.17. The summed E-state index contributed by atoms with van der Waals surface area (Å²) in [5.74, 6) is -2.76. The van der Waals surface area contributed by atoms with Crippen molar-refractivity contribution in [3.63, 3.8) is 0 Å². The smallest absolute Gasteiger partial charge is 0.475 e. The van der Waals surface area contributed by atoms with Crippen molar-refractivity contribution in [2.45, 2.75) is 37.3 Å². The Morgan fingerprint density at radius 3 is 2.57 bits per heavy atom. The van der Waals surface area contributed by atoms with Crippen LogP contribution in [0.4, 0.5) is 13.2 Å². The molecule has 2 fully saturated rings. The lowest BCUT2D eigenvalue weighted by Crippen LogP contribution is -2.65. The number of halogens is 3. The maximum Gasteiger partial charge on any atom is 0.490 e. The molecule has 0 radical (unpaired) electrons. The average Bonchev–Trinajstić information content (AvgIpc) is 2.68. The van der Waals surface area contributed by atoms with Gasteiger partial charge in [0, 0.05) is 57.3 Å². The van der Waals surface area contributed by atoms with Crippen LogP contribution in [0, 0.1) is 0 Å². The Morgan fingerprint density at radius 2 is 1.97 bits per heavy atom. The van der Waals surface area contributed by atoms with Gasteiger partial charge in [-0.05, 0) is 17.7 Å². The van der Waals surface area contributed by atoms with E-state index < -0.39 is 12.1 Å². The van der Waals surface area contributed by atoms with Gasteiger partial charge in [0.25, 0.3) is 0 Å². The van der Waals surface area contributed by atoms with Gasteiger partial charge in [-0.15, -0.1) is 0 Å². The number of hydrogen-bond donors (Lipinski definition) is 1. The number of ether oxygens (including phenoxy) is 2. The van der Waals surface area contributed by atoms with Crippen LogP contribution in [0.2, 0.25) is 0 Å². The van der Waals surface area contributed by atoms with Gasteiger partial charge in [-0.2, -0.15) is 13.2 Å². The minimum atomic E-state index is -5.08. The highest BCUT2D eigenvalue weighted by Crippen LogP contribution is 2.36. The van der Waals surface area contributed by atoms with Crippen LogP contribution in [0.1, 0.15) is 18.4 Å². The predicted octanol–water partition coefficient (Wildman–Crippen LogP) is 2.32. The summed E-state index contributed by atoms with van der Waals surface area (Å²) in [6.07, 6.45) is 3.97. The van der Waals surface area contributed by atoms with Gasteiger partial charge in [-0.1, -0.05) is 6.07 Å². The fourth-order valence-electron chi connectivity index (χ4n) is 3.43. The SMILES string of the molecule is O=C(O)C(F)(F)F.c1cnc(OC2CCOC3(C2)CN(Cc2cccnc2)C3)nc1. The minimum absolute atomic E-state index is 0.0695. The van der Waals surface area contributed by atoms with E-state index in [0.717, 1.165) is 39.1 Å². The molecule has 0 aromatic carbocycles. The Morgan fingerprint density at radius 1 is 1.27 bits per heavy atom. The van der Waals surface area contributed by atoms with Gasteiger partial charge in [0.2, 0.25) is 0 Å². The number of hydrogen-bond acceptors (Lipinski definition) is 7. The Kier molecular flexibility index (Phi) is 6.83. The molecule has 0 bridgehead atoms. The van der Waals surface area contributed by atoms with Crippen LogP contribution in [0.25, 0.3) is 0 Å². The third-order valence-electron chi connectivity index (χ3n) is 4.66. The van der Waals surface area contributed by atoms with Crippen molar-refractivity contribution < 1.29 is 32.5 Å². The van der Waals surface area contributed by atoms with E-state index in [2.05, 4.69) is 25.9 Å². The second-order valence-electron chi connectivity index (χ2n) is 7.10. The van der Waals surface area contributed by atoms with Gasteiger partial charge >= 0.3 is 18.2 Å². The fourth-order valence-corrected chi connectivity index (χ4v) is 3.43. The van der Waals surface area contributed by atoms with Crippen LogP contribution in [0.5, 0.6) is 6.01 Å². The zero-order valence-corrected chi connectivity index (χ0v) is 16.0. The van der Waals surface area contributed by atoms with E-state index >= 15 is 0 Å². The van der Waals surface area contributed by atoms with Crippen molar-refractivity contribution in [2.75, 3.05) is 19.7 Å². The number of nitrogens with zero attached hydrogens (tertiary/aromatic N) is 4. The lowest BCUT2D eigenvalue weighted by molar-refractivity contribution is -0.192. The molecule has 1 spiro atoms. The van der Waals surface area contributed by atoms with E-state index in [1.54, 1.807) is 24.7 Å². The first-order valence-electron chi connectivity index (χ1n) is 9.25. The number of rotatable bonds is 4. The average molecular weight is 426 g/mol. The monoisotopic (exact) mass is 426 g/mol. The van der Waals surface area contributed by atoms with Crippen LogP contribution in [-0.4, -0.2) is 68.5 Å². The molecule has 2 saturated heterocycles. The summed E-state index contributed by atoms with van der Waals surface area (Å²) in [6, 6.07) is 6.34. The van der Waals surface area contributed by atoms with Crippen molar-refractivity contribution in [3.05, 3.63) is 48.5 Å². The van der Waals surface area contributed by atoms with Gasteiger partial charge in [0.15, 0.2) is 0 Å². The molecule has 0 saturated carbocycles. The van der Waals surface area contributed by atoms with Crippen molar-refractivity contribution in [2.24, 2.45) is 0 Å². The molecule has 2 aliphatic heterocycles. The van der Waals surface area contributed by atoms with Crippen LogP contribution in [0.3, 0.4) is 0 Å². The number of carbonyl (C=O) groups is 1. The Balaban J connectivity index is 0.000000318. The van der Waals surface area contributed by atoms with E-state index in [0.29, 0.717) is 6.01 Å². The Hall–Kier alpha value is -2.79. The van der Waals surface area contributed by atoms with Crippen LogP contribution in [-0.2, 0) is 16.1 Å². The summed E-state index contributed by atoms with van der Waals surface area (Å²) in [4.78, 5) is 23.7. The number of carboxylic acid groups (broad SMARTS) is 1. The van der Waals surface area contributed by atoms with Crippen molar-refractivity contribution in [1.29, 1.82) is 0 Å². The molecule has 0 aliphatic carbocycles. The zero-order valence-electron chi connectivity index (χ0n) is 16.0. The molecule has 162 valence electrons. The standard InChI is InChI=1S/C17H20N4O2.C2HF3O2/c1-3-14(10-18-5-1)11-21-12-17(13-21)9-15(4-8-22-17)23-16-19-6-2-7-20-16;3-2(4,5)1(6)7/h1-3,5-7,10,15H,4,8-9,11-13H2;(H,6,7). The van der Waals surface area contributed by atoms with Crippen LogP contribution >= 0.6 is 0 Å². The van der Waals surface area contributed by atoms with Crippen molar-refractivity contribution in [1.82, 2.24) is 19.9 Å². The van der Waals surface area contributed by atoms with Gasteiger partial charge in [0.05, 0.1) is 12.2 Å². The molecule has 4 heterocycles. The topological polar surface area (TPSA) is 97.7 Å². The van der Waals surface area contributed by atoms with Gasteiger partial charge < -0.3 is 14.6 Å². The summed E-state index contributed by atoms with van der Waals surface area (Å²) in [5, 5.41) is 7.12. The highest BCUT2D eigenvalue weighted by atomic mass is 19.4. The molecule has 2 aromatic heterocycles. The van der Waals surface area contributed by atoms with Gasteiger partial charge in [-0.25, -0.2) is 14.8 Å².